The summed E-state index contributed by atoms with van der Waals surface area (Å²) in [6.07, 6.45) is 3.90. The lowest BCUT2D eigenvalue weighted by Crippen LogP contribution is -2.68. The summed E-state index contributed by atoms with van der Waals surface area (Å²) in [5.41, 5.74) is 2.94. The van der Waals surface area contributed by atoms with Crippen molar-refractivity contribution >= 4 is 5.96 Å². The van der Waals surface area contributed by atoms with Gasteiger partial charge in [-0.15, -0.1) is 0 Å². The lowest BCUT2D eigenvalue weighted by Gasteiger charge is -2.55. The molecule has 3 fully saturated rings. The predicted molar refractivity (Wildman–Crippen MR) is 115 cm³/mol. The number of guanidine groups is 1. The van der Waals surface area contributed by atoms with Crippen LogP contribution >= 0.6 is 0 Å². The highest BCUT2D eigenvalue weighted by Crippen LogP contribution is 2.52. The maximum absolute atomic E-state index is 5.92. The van der Waals surface area contributed by atoms with Crippen molar-refractivity contribution < 1.29 is 4.74 Å². The van der Waals surface area contributed by atoms with Crippen LogP contribution in [0.25, 0.3) is 0 Å². The minimum Gasteiger partial charge on any atom is -0.377 e. The highest BCUT2D eigenvalue weighted by Gasteiger charge is 2.59. The summed E-state index contributed by atoms with van der Waals surface area (Å²) in [7, 11) is 1.89. The molecular formula is C23H36N4O. The van der Waals surface area contributed by atoms with Gasteiger partial charge in [-0.2, -0.15) is 0 Å². The molecule has 2 aliphatic heterocycles. The molecule has 0 spiro atoms. The molecule has 1 aromatic carbocycles. The van der Waals surface area contributed by atoms with Gasteiger partial charge in [-0.05, 0) is 31.7 Å². The third-order valence-corrected chi connectivity index (χ3v) is 7.03. The fourth-order valence-corrected chi connectivity index (χ4v) is 5.43. The van der Waals surface area contributed by atoms with E-state index in [1.807, 2.05) is 7.05 Å². The molecule has 1 aromatic rings. The molecule has 1 aliphatic carbocycles. The number of benzene rings is 1. The van der Waals surface area contributed by atoms with Gasteiger partial charge in [-0.1, -0.05) is 43.7 Å². The number of ether oxygens (including phenoxy) is 1. The van der Waals surface area contributed by atoms with Crippen molar-refractivity contribution in [2.45, 2.75) is 64.8 Å². The number of fused-ring (bicyclic) bond motifs is 1. The number of hydrogen-bond donors (Lipinski definition) is 2. The summed E-state index contributed by atoms with van der Waals surface area (Å²) in [5.74, 6) is 1.59. The van der Waals surface area contributed by atoms with E-state index in [1.54, 1.807) is 0 Å². The summed E-state index contributed by atoms with van der Waals surface area (Å²) in [5, 5.41) is 7.40. The van der Waals surface area contributed by atoms with Crippen LogP contribution in [0.1, 0.15) is 44.2 Å². The topological polar surface area (TPSA) is 48.9 Å². The lowest BCUT2D eigenvalue weighted by molar-refractivity contribution is -0.106. The summed E-state index contributed by atoms with van der Waals surface area (Å²) < 4.78 is 5.92. The lowest BCUT2D eigenvalue weighted by atomic mass is 9.57. The van der Waals surface area contributed by atoms with Crippen molar-refractivity contribution in [3.8, 4) is 0 Å². The molecule has 0 bridgehead atoms. The maximum atomic E-state index is 5.92. The molecule has 3 atom stereocenters. The Labute approximate surface area is 169 Å². The number of piperidine rings is 1. The van der Waals surface area contributed by atoms with Crippen molar-refractivity contribution in [2.75, 3.05) is 26.7 Å². The molecule has 3 aliphatic rings. The van der Waals surface area contributed by atoms with Crippen LogP contribution in [0.2, 0.25) is 0 Å². The predicted octanol–water partition coefficient (Wildman–Crippen LogP) is 2.94. The molecule has 0 radical (unpaired) electrons. The third kappa shape index (κ3) is 3.92. The minimum atomic E-state index is 0.177. The van der Waals surface area contributed by atoms with E-state index in [2.05, 4.69) is 65.6 Å². The van der Waals surface area contributed by atoms with E-state index in [-0.39, 0.29) is 5.41 Å². The van der Waals surface area contributed by atoms with Crippen LogP contribution in [0, 0.1) is 18.3 Å². The molecule has 2 N–H and O–H groups in total. The van der Waals surface area contributed by atoms with Crippen LogP contribution in [0.5, 0.6) is 0 Å². The molecule has 2 heterocycles. The van der Waals surface area contributed by atoms with Gasteiger partial charge in [-0.3, -0.25) is 9.89 Å². The van der Waals surface area contributed by atoms with Crippen molar-refractivity contribution in [1.29, 1.82) is 0 Å². The summed E-state index contributed by atoms with van der Waals surface area (Å²) in [6.45, 7) is 11.0. The summed E-state index contributed by atoms with van der Waals surface area (Å²) >= 11 is 0. The zero-order valence-corrected chi connectivity index (χ0v) is 17.9. The third-order valence-electron chi connectivity index (χ3n) is 7.03. The molecule has 2 saturated heterocycles. The molecule has 154 valence electrons. The van der Waals surface area contributed by atoms with Crippen LogP contribution in [0.4, 0.5) is 0 Å². The average Bonchev–Trinajstić information content (AvgIpc) is 3.13. The number of aliphatic imine (C=N–C) groups is 1. The Morgan fingerprint density at radius 1 is 1.21 bits per heavy atom. The maximum Gasteiger partial charge on any atom is 0.191 e. The van der Waals surface area contributed by atoms with Gasteiger partial charge in [0, 0.05) is 56.7 Å². The van der Waals surface area contributed by atoms with Gasteiger partial charge in [0.25, 0.3) is 0 Å². The normalized spacial score (nSPS) is 30.6. The van der Waals surface area contributed by atoms with Crippen LogP contribution in [-0.4, -0.2) is 55.8 Å². The summed E-state index contributed by atoms with van der Waals surface area (Å²) in [6, 6.07) is 9.82. The first kappa shape index (κ1) is 19.7. The first-order chi connectivity index (χ1) is 13.5. The Balaban J connectivity index is 1.26. The van der Waals surface area contributed by atoms with Gasteiger partial charge in [0.2, 0.25) is 0 Å². The Hall–Kier alpha value is -1.59. The number of aryl methyl sites for hydroxylation is 1. The molecule has 5 heteroatoms. The second-order valence-electron chi connectivity index (χ2n) is 9.44. The first-order valence-corrected chi connectivity index (χ1v) is 10.9. The van der Waals surface area contributed by atoms with Gasteiger partial charge in [0.1, 0.15) is 0 Å². The van der Waals surface area contributed by atoms with Crippen LogP contribution in [0.3, 0.4) is 0 Å². The molecule has 4 rings (SSSR count). The smallest absolute Gasteiger partial charge is 0.191 e. The van der Waals surface area contributed by atoms with E-state index in [0.717, 1.165) is 45.0 Å². The van der Waals surface area contributed by atoms with Crippen LogP contribution in [-0.2, 0) is 11.3 Å². The first-order valence-electron chi connectivity index (χ1n) is 10.9. The zero-order chi connectivity index (χ0) is 19.7. The van der Waals surface area contributed by atoms with E-state index in [0.29, 0.717) is 24.1 Å². The SMILES string of the molecule is CN=C(NC1CCN(Cc2cccc(C)c2)CC1)NC1C2CCOC2C1(C)C. The van der Waals surface area contributed by atoms with Crippen molar-refractivity contribution in [3.05, 3.63) is 35.4 Å². The van der Waals surface area contributed by atoms with Crippen molar-refractivity contribution in [1.82, 2.24) is 15.5 Å². The fraction of sp³-hybridized carbons (Fsp3) is 0.696. The van der Waals surface area contributed by atoms with Gasteiger partial charge in [0.15, 0.2) is 5.96 Å². The molecular weight excluding hydrogens is 348 g/mol. The largest absolute Gasteiger partial charge is 0.377 e. The van der Waals surface area contributed by atoms with Gasteiger partial charge >= 0.3 is 0 Å². The van der Waals surface area contributed by atoms with Gasteiger partial charge < -0.3 is 15.4 Å². The number of rotatable bonds is 4. The van der Waals surface area contributed by atoms with E-state index in [4.69, 9.17) is 4.74 Å². The second kappa shape index (κ2) is 8.03. The quantitative estimate of drug-likeness (QED) is 0.619. The monoisotopic (exact) mass is 384 g/mol. The number of nitrogens with one attached hydrogen (secondary N) is 2. The Bertz CT molecular complexity index is 708. The highest BCUT2D eigenvalue weighted by atomic mass is 16.5. The Morgan fingerprint density at radius 2 is 2.00 bits per heavy atom. The van der Waals surface area contributed by atoms with Crippen molar-refractivity contribution in [3.63, 3.8) is 0 Å². The summed E-state index contributed by atoms with van der Waals surface area (Å²) in [4.78, 5) is 7.09. The number of nitrogens with zero attached hydrogens (tertiary/aromatic N) is 2. The molecule has 1 saturated carbocycles. The molecule has 3 unspecified atom stereocenters. The minimum absolute atomic E-state index is 0.177. The van der Waals surface area contributed by atoms with Crippen molar-refractivity contribution in [2.24, 2.45) is 16.3 Å². The highest BCUT2D eigenvalue weighted by molar-refractivity contribution is 5.80. The molecule has 28 heavy (non-hydrogen) atoms. The van der Waals surface area contributed by atoms with Crippen LogP contribution < -0.4 is 10.6 Å². The van der Waals surface area contributed by atoms with E-state index in [1.165, 1.54) is 17.5 Å². The fourth-order valence-electron chi connectivity index (χ4n) is 5.43. The van der Waals surface area contributed by atoms with E-state index in [9.17, 15) is 0 Å². The molecule has 0 aromatic heterocycles. The molecule has 5 nitrogen and oxygen atoms in total. The Morgan fingerprint density at radius 3 is 2.71 bits per heavy atom. The zero-order valence-electron chi connectivity index (χ0n) is 17.9. The van der Waals surface area contributed by atoms with Gasteiger partial charge in [0.05, 0.1) is 6.10 Å². The number of hydrogen-bond acceptors (Lipinski definition) is 3. The molecule has 0 amide bonds. The standard InChI is InChI=1S/C23H36N4O/c1-16-6-5-7-17(14-16)15-27-11-8-18(9-12-27)25-22(24-4)26-20-19-10-13-28-21(19)23(20,2)3/h5-7,14,18-21H,8-13,15H2,1-4H3,(H2,24,25,26). The number of likely N-dealkylation sites (tertiary alicyclic amines) is 1. The van der Waals surface area contributed by atoms with E-state index < -0.39 is 0 Å². The Kier molecular flexibility index (Phi) is 5.66. The average molecular weight is 385 g/mol. The van der Waals surface area contributed by atoms with E-state index >= 15 is 0 Å². The van der Waals surface area contributed by atoms with Gasteiger partial charge in [-0.25, -0.2) is 0 Å². The van der Waals surface area contributed by atoms with Crippen LogP contribution in [0.15, 0.2) is 29.3 Å². The second-order valence-corrected chi connectivity index (χ2v) is 9.44.